The van der Waals surface area contributed by atoms with Gasteiger partial charge in [-0.2, -0.15) is 4.98 Å². The lowest BCUT2D eigenvalue weighted by molar-refractivity contribution is -0.120. The molecule has 2 aromatic carbocycles. The molecule has 2 heterocycles. The Hall–Kier alpha value is -2.64. The lowest BCUT2D eigenvalue weighted by Crippen LogP contribution is -2.37. The van der Waals surface area contributed by atoms with Crippen LogP contribution in [0.15, 0.2) is 47.6 Å². The van der Waals surface area contributed by atoms with Crippen LogP contribution >= 0.6 is 23.4 Å². The monoisotopic (exact) mass is 482 g/mol. The number of ether oxygens (including phenoxy) is 1. The van der Waals surface area contributed by atoms with Gasteiger partial charge in [-0.1, -0.05) is 69.3 Å². The van der Waals surface area contributed by atoms with Crippen LogP contribution < -0.4 is 9.64 Å². The lowest BCUT2D eigenvalue weighted by Gasteiger charge is -2.30. The fourth-order valence-electron chi connectivity index (χ4n) is 3.65. The summed E-state index contributed by atoms with van der Waals surface area (Å²) in [7, 11) is 0. The van der Waals surface area contributed by atoms with Crippen molar-refractivity contribution in [2.24, 2.45) is 5.92 Å². The molecular formula is C25H27ClN4O2S. The second-order valence-electron chi connectivity index (χ2n) is 8.30. The third-order valence-electron chi connectivity index (χ3n) is 5.33. The summed E-state index contributed by atoms with van der Waals surface area (Å²) in [4.78, 5) is 19.7. The van der Waals surface area contributed by atoms with Gasteiger partial charge in [-0.25, -0.2) is 0 Å². The van der Waals surface area contributed by atoms with Gasteiger partial charge in [-0.3, -0.25) is 9.69 Å². The largest absolute Gasteiger partial charge is 0.447 e. The maximum Gasteiger partial charge on any atom is 0.247 e. The minimum atomic E-state index is -0.733. The summed E-state index contributed by atoms with van der Waals surface area (Å²) in [6.07, 6.45) is 0.440. The summed E-state index contributed by atoms with van der Waals surface area (Å²) in [6, 6.07) is 13.4. The van der Waals surface area contributed by atoms with Crippen LogP contribution in [0.1, 0.15) is 51.5 Å². The van der Waals surface area contributed by atoms with Crippen molar-refractivity contribution in [2.75, 3.05) is 10.7 Å². The zero-order chi connectivity index (χ0) is 23.5. The van der Waals surface area contributed by atoms with Crippen molar-refractivity contribution in [2.45, 2.75) is 51.9 Å². The highest BCUT2D eigenvalue weighted by atomic mass is 35.5. The number of anilines is 1. The van der Waals surface area contributed by atoms with E-state index in [4.69, 9.17) is 21.3 Å². The summed E-state index contributed by atoms with van der Waals surface area (Å²) >= 11 is 7.84. The highest BCUT2D eigenvalue weighted by Crippen LogP contribution is 2.44. The van der Waals surface area contributed by atoms with Crippen LogP contribution in [0.3, 0.4) is 0 Å². The van der Waals surface area contributed by atoms with E-state index in [0.29, 0.717) is 34.1 Å². The number of halogens is 1. The number of hydrogen-bond acceptors (Lipinski definition) is 6. The number of rotatable bonds is 6. The zero-order valence-corrected chi connectivity index (χ0v) is 20.8. The number of thioether (sulfide) groups is 1. The second-order valence-corrected chi connectivity index (χ2v) is 9.72. The number of amides is 1. The van der Waals surface area contributed by atoms with Crippen LogP contribution in [0, 0.1) is 5.92 Å². The fourth-order valence-corrected chi connectivity index (χ4v) is 4.58. The number of nitrogens with zero attached hydrogens (tertiary/aromatic N) is 4. The molecule has 172 valence electrons. The molecule has 1 unspecified atom stereocenters. The average molecular weight is 483 g/mol. The maximum absolute atomic E-state index is 13.3. The first-order chi connectivity index (χ1) is 15.9. The van der Waals surface area contributed by atoms with Gasteiger partial charge in [0.1, 0.15) is 0 Å². The summed E-state index contributed by atoms with van der Waals surface area (Å²) < 4.78 is 6.46. The molecule has 0 aliphatic carbocycles. The lowest BCUT2D eigenvalue weighted by atomic mass is 10.0. The molecule has 1 amide bonds. The van der Waals surface area contributed by atoms with Gasteiger partial charge < -0.3 is 4.74 Å². The standard InChI is InChI=1S/C25H27ClN4O2S/c1-5-16-10-11-20-19(12-16)22-23(27-25(29-28-22)33-14-15(3)4)32-24(30(20)21(31)6-2)17-8-7-9-18(26)13-17/h7-13,15,24H,5-6,14H2,1-4H3. The molecule has 33 heavy (non-hydrogen) atoms. The summed E-state index contributed by atoms with van der Waals surface area (Å²) in [5.74, 6) is 1.65. The first kappa shape index (κ1) is 23.5. The molecule has 0 N–H and O–H groups in total. The van der Waals surface area contributed by atoms with Gasteiger partial charge >= 0.3 is 0 Å². The first-order valence-corrected chi connectivity index (χ1v) is 12.5. The molecule has 1 aliphatic heterocycles. The van der Waals surface area contributed by atoms with Crippen molar-refractivity contribution in [3.8, 4) is 17.1 Å². The summed E-state index contributed by atoms with van der Waals surface area (Å²) in [5.41, 5.74) is 3.94. The second kappa shape index (κ2) is 10.1. The fraction of sp³-hybridized carbons (Fsp3) is 0.360. The van der Waals surface area contributed by atoms with Crippen LogP contribution in [0.4, 0.5) is 5.69 Å². The first-order valence-electron chi connectivity index (χ1n) is 11.2. The quantitative estimate of drug-likeness (QED) is 0.382. The van der Waals surface area contributed by atoms with Crippen LogP contribution in [0.25, 0.3) is 11.3 Å². The number of carbonyl (C=O) groups is 1. The van der Waals surface area contributed by atoms with E-state index in [0.717, 1.165) is 34.6 Å². The normalized spacial score (nSPS) is 15.0. The van der Waals surface area contributed by atoms with Gasteiger partial charge in [0.2, 0.25) is 23.2 Å². The van der Waals surface area contributed by atoms with Gasteiger partial charge in [0.25, 0.3) is 0 Å². The molecule has 0 radical (unpaired) electrons. The van der Waals surface area contributed by atoms with Crippen LogP contribution in [0.2, 0.25) is 5.02 Å². The maximum atomic E-state index is 13.3. The van der Waals surface area contributed by atoms with Gasteiger partial charge in [-0.05, 0) is 42.2 Å². The molecule has 8 heteroatoms. The third kappa shape index (κ3) is 4.99. The van der Waals surface area contributed by atoms with Crippen molar-refractivity contribution in [1.82, 2.24) is 15.2 Å². The van der Waals surface area contributed by atoms with Crippen LogP contribution in [-0.4, -0.2) is 26.8 Å². The van der Waals surface area contributed by atoms with E-state index >= 15 is 0 Å². The number of benzene rings is 2. The predicted molar refractivity (Wildman–Crippen MR) is 133 cm³/mol. The van der Waals surface area contributed by atoms with E-state index in [2.05, 4.69) is 31.0 Å². The smallest absolute Gasteiger partial charge is 0.247 e. The Morgan fingerprint density at radius 1 is 1.18 bits per heavy atom. The van der Waals surface area contributed by atoms with Crippen LogP contribution in [0.5, 0.6) is 5.88 Å². The van der Waals surface area contributed by atoms with Crippen LogP contribution in [-0.2, 0) is 11.2 Å². The Labute approximate surface area is 203 Å². The van der Waals surface area contributed by atoms with Crippen molar-refractivity contribution in [3.05, 3.63) is 58.6 Å². The average Bonchev–Trinajstić information content (AvgIpc) is 2.96. The van der Waals surface area contributed by atoms with Crippen molar-refractivity contribution in [3.63, 3.8) is 0 Å². The van der Waals surface area contributed by atoms with E-state index < -0.39 is 6.23 Å². The van der Waals surface area contributed by atoms with Crippen molar-refractivity contribution < 1.29 is 9.53 Å². The Kier molecular flexibility index (Phi) is 7.20. The molecule has 0 spiro atoms. The van der Waals surface area contributed by atoms with Gasteiger partial charge in [-0.15, -0.1) is 10.2 Å². The Morgan fingerprint density at radius 3 is 2.70 bits per heavy atom. The van der Waals surface area contributed by atoms with Gasteiger partial charge in [0.05, 0.1) is 5.69 Å². The summed E-state index contributed by atoms with van der Waals surface area (Å²) in [5, 5.41) is 10.00. The molecule has 0 fully saturated rings. The molecule has 0 saturated heterocycles. The molecule has 6 nitrogen and oxygen atoms in total. The van der Waals surface area contributed by atoms with E-state index in [1.807, 2.05) is 43.3 Å². The summed E-state index contributed by atoms with van der Waals surface area (Å²) in [6.45, 7) is 8.22. The molecule has 1 aliphatic rings. The third-order valence-corrected chi connectivity index (χ3v) is 6.83. The van der Waals surface area contributed by atoms with Crippen molar-refractivity contribution >= 4 is 35.0 Å². The topological polar surface area (TPSA) is 68.2 Å². The van der Waals surface area contributed by atoms with E-state index in [1.54, 1.807) is 22.7 Å². The molecule has 0 bridgehead atoms. The number of carbonyl (C=O) groups excluding carboxylic acids is 1. The van der Waals surface area contributed by atoms with Gasteiger partial charge in [0, 0.05) is 28.3 Å². The molecule has 3 aromatic rings. The number of hydrogen-bond donors (Lipinski definition) is 0. The Bertz CT molecular complexity index is 1170. The molecule has 1 atom stereocenters. The number of aromatic nitrogens is 3. The van der Waals surface area contributed by atoms with E-state index in [-0.39, 0.29) is 5.91 Å². The predicted octanol–water partition coefficient (Wildman–Crippen LogP) is 6.34. The van der Waals surface area contributed by atoms with Crippen molar-refractivity contribution in [1.29, 1.82) is 0 Å². The Balaban J connectivity index is 1.93. The minimum Gasteiger partial charge on any atom is -0.447 e. The minimum absolute atomic E-state index is 0.0688. The highest BCUT2D eigenvalue weighted by molar-refractivity contribution is 7.99. The number of aryl methyl sites for hydroxylation is 1. The zero-order valence-electron chi connectivity index (χ0n) is 19.2. The van der Waals surface area contributed by atoms with E-state index in [9.17, 15) is 4.79 Å². The van der Waals surface area contributed by atoms with E-state index in [1.165, 1.54) is 0 Å². The van der Waals surface area contributed by atoms with Gasteiger partial charge in [0.15, 0.2) is 5.69 Å². The molecular weight excluding hydrogens is 456 g/mol. The molecule has 0 saturated carbocycles. The number of fused-ring (bicyclic) bond motifs is 3. The molecule has 1 aromatic heterocycles. The Morgan fingerprint density at radius 2 is 2.00 bits per heavy atom. The SMILES string of the molecule is CCC(=O)N1c2ccc(CC)cc2-c2nnc(SCC(C)C)nc2OC1c1cccc(Cl)c1. The highest BCUT2D eigenvalue weighted by Gasteiger charge is 2.35. The molecule has 4 rings (SSSR count).